The Morgan fingerprint density at radius 3 is 3.06 bits per heavy atom. The maximum Gasteiger partial charge on any atom is 0.292 e. The summed E-state index contributed by atoms with van der Waals surface area (Å²) >= 11 is 1.26. The number of hydrogen-bond donors (Lipinski definition) is 1. The largest absolute Gasteiger partial charge is 0.492 e. The molecular weight excluding hydrogens is 252 g/mol. The van der Waals surface area contributed by atoms with Gasteiger partial charge in [0.2, 0.25) is 0 Å². The molecule has 94 valence electrons. The molecule has 0 atom stereocenters. The van der Waals surface area contributed by atoms with Gasteiger partial charge in [0.15, 0.2) is 5.49 Å². The van der Waals surface area contributed by atoms with Crippen molar-refractivity contribution >= 4 is 17.2 Å². The molecule has 5 nitrogen and oxygen atoms in total. The Kier molecular flexibility index (Phi) is 3.78. The Balaban J connectivity index is 2.35. The molecule has 0 spiro atoms. The highest BCUT2D eigenvalue weighted by Crippen LogP contribution is 2.25. The van der Waals surface area contributed by atoms with Crippen molar-refractivity contribution in [3.05, 3.63) is 46.2 Å². The first kappa shape index (κ1) is 12.4. The lowest BCUT2D eigenvalue weighted by Gasteiger charge is -2.01. The van der Waals surface area contributed by atoms with Gasteiger partial charge >= 0.3 is 0 Å². The summed E-state index contributed by atoms with van der Waals surface area (Å²) in [4.78, 5) is 16.2. The number of nitrogens with zero attached hydrogens (tertiary/aromatic N) is 2. The number of ether oxygens (including phenoxy) is 1. The van der Waals surface area contributed by atoms with E-state index in [1.54, 1.807) is 29.6 Å². The molecule has 0 aliphatic rings. The fourth-order valence-corrected chi connectivity index (χ4v) is 2.11. The normalized spacial score (nSPS) is 11.5. The molecule has 0 aliphatic carbocycles. The van der Waals surface area contributed by atoms with Crippen LogP contribution in [0.5, 0.6) is 5.75 Å². The van der Waals surface area contributed by atoms with E-state index in [1.807, 2.05) is 6.92 Å². The van der Waals surface area contributed by atoms with Crippen molar-refractivity contribution in [2.75, 3.05) is 6.61 Å². The quantitative estimate of drug-likeness (QED) is 0.861. The maximum atomic E-state index is 12.0. The molecule has 2 heterocycles. The van der Waals surface area contributed by atoms with Crippen LogP contribution in [0, 0.1) is 0 Å². The second-order valence-corrected chi connectivity index (χ2v) is 4.28. The molecule has 0 aliphatic heterocycles. The zero-order chi connectivity index (χ0) is 13.0. The maximum absolute atomic E-state index is 12.0. The summed E-state index contributed by atoms with van der Waals surface area (Å²) in [6.07, 6.45) is 1.41. The second-order valence-electron chi connectivity index (χ2n) is 3.37. The average molecular weight is 264 g/mol. The van der Waals surface area contributed by atoms with E-state index in [9.17, 15) is 10.0 Å². The number of carbonyl (C=O) groups is 1. The van der Waals surface area contributed by atoms with Gasteiger partial charge in [-0.3, -0.25) is 4.79 Å². The van der Waals surface area contributed by atoms with Gasteiger partial charge in [0.05, 0.1) is 6.61 Å². The molecule has 0 radical (unpaired) electrons. The Labute approximate surface area is 108 Å². The molecule has 0 saturated heterocycles. The zero-order valence-corrected chi connectivity index (χ0v) is 10.6. The van der Waals surface area contributed by atoms with Crippen molar-refractivity contribution in [1.29, 1.82) is 0 Å². The van der Waals surface area contributed by atoms with E-state index in [0.717, 1.165) is 4.73 Å². The molecule has 2 aromatic heterocycles. The van der Waals surface area contributed by atoms with Gasteiger partial charge in [0, 0.05) is 6.20 Å². The number of aromatic nitrogens is 1. The fraction of sp³-hybridized carbons (Fsp3) is 0.167. The van der Waals surface area contributed by atoms with Gasteiger partial charge in [0.25, 0.3) is 5.91 Å². The van der Waals surface area contributed by atoms with Crippen LogP contribution in [0.4, 0.5) is 0 Å². The molecule has 2 rings (SSSR count). The van der Waals surface area contributed by atoms with Crippen molar-refractivity contribution in [3.63, 3.8) is 0 Å². The smallest absolute Gasteiger partial charge is 0.292 e. The number of carbonyl (C=O) groups excluding carboxylic acids is 1. The number of rotatable bonds is 3. The third-order valence-electron chi connectivity index (χ3n) is 2.16. The van der Waals surface area contributed by atoms with Crippen LogP contribution >= 0.6 is 11.3 Å². The van der Waals surface area contributed by atoms with E-state index >= 15 is 0 Å². The Morgan fingerprint density at radius 1 is 1.50 bits per heavy atom. The monoisotopic (exact) mass is 264 g/mol. The highest BCUT2D eigenvalue weighted by Gasteiger charge is 2.13. The molecule has 0 saturated carbocycles. The van der Waals surface area contributed by atoms with E-state index in [1.165, 1.54) is 17.5 Å². The molecule has 6 heteroatoms. The Morgan fingerprint density at radius 2 is 2.33 bits per heavy atom. The van der Waals surface area contributed by atoms with Crippen LogP contribution in [0.2, 0.25) is 0 Å². The van der Waals surface area contributed by atoms with Gasteiger partial charge in [-0.1, -0.05) is 6.07 Å². The minimum absolute atomic E-state index is 0.179. The van der Waals surface area contributed by atoms with Crippen LogP contribution in [0.3, 0.4) is 0 Å². The van der Waals surface area contributed by atoms with Crippen LogP contribution in [-0.2, 0) is 0 Å². The highest BCUT2D eigenvalue weighted by atomic mass is 32.1. The predicted molar refractivity (Wildman–Crippen MR) is 67.0 cm³/mol. The number of thiophene rings is 1. The van der Waals surface area contributed by atoms with Crippen molar-refractivity contribution in [2.24, 2.45) is 4.99 Å². The summed E-state index contributed by atoms with van der Waals surface area (Å²) in [6, 6.07) is 6.61. The summed E-state index contributed by atoms with van der Waals surface area (Å²) < 4.78 is 6.12. The van der Waals surface area contributed by atoms with E-state index < -0.39 is 5.91 Å². The van der Waals surface area contributed by atoms with E-state index in [4.69, 9.17) is 4.74 Å². The van der Waals surface area contributed by atoms with Gasteiger partial charge in [-0.15, -0.1) is 11.3 Å². The van der Waals surface area contributed by atoms with Crippen LogP contribution in [0.1, 0.15) is 16.6 Å². The summed E-state index contributed by atoms with van der Waals surface area (Å²) in [7, 11) is 0. The van der Waals surface area contributed by atoms with Crippen molar-refractivity contribution in [3.8, 4) is 5.75 Å². The van der Waals surface area contributed by atoms with Crippen LogP contribution < -0.4 is 10.2 Å². The molecule has 0 fully saturated rings. The first-order chi connectivity index (χ1) is 8.72. The molecule has 1 amide bonds. The summed E-state index contributed by atoms with van der Waals surface area (Å²) in [5.41, 5.74) is 0.179. The predicted octanol–water partition coefficient (Wildman–Crippen LogP) is 1.93. The van der Waals surface area contributed by atoms with Gasteiger partial charge in [0.1, 0.15) is 10.6 Å². The minimum atomic E-state index is -0.428. The van der Waals surface area contributed by atoms with E-state index in [-0.39, 0.29) is 5.49 Å². The number of amides is 1. The third kappa shape index (κ3) is 2.60. The molecule has 0 unspecified atom stereocenters. The van der Waals surface area contributed by atoms with Gasteiger partial charge < -0.3 is 9.94 Å². The SMILES string of the molecule is CCOc1ccsc1C(=O)N=c1ccccn1O. The summed E-state index contributed by atoms with van der Waals surface area (Å²) in [5.74, 6) is 0.0964. The van der Waals surface area contributed by atoms with Crippen molar-refractivity contribution in [2.45, 2.75) is 6.92 Å². The summed E-state index contributed by atoms with van der Waals surface area (Å²) in [6.45, 7) is 2.34. The van der Waals surface area contributed by atoms with Gasteiger partial charge in [-0.25, -0.2) is 0 Å². The lowest BCUT2D eigenvalue weighted by molar-refractivity contribution is 0.0988. The number of pyridine rings is 1. The lowest BCUT2D eigenvalue weighted by Crippen LogP contribution is -2.19. The van der Waals surface area contributed by atoms with Crippen LogP contribution in [0.25, 0.3) is 0 Å². The summed E-state index contributed by atoms with van der Waals surface area (Å²) in [5, 5.41) is 11.2. The van der Waals surface area contributed by atoms with Gasteiger partial charge in [-0.2, -0.15) is 9.72 Å². The second kappa shape index (κ2) is 5.50. The minimum Gasteiger partial charge on any atom is -0.492 e. The standard InChI is InChI=1S/C12H12N2O3S/c1-2-17-9-6-8-18-11(9)12(15)13-10-5-3-4-7-14(10)16/h3-8,16H,2H2,1H3. The molecule has 2 aromatic rings. The van der Waals surface area contributed by atoms with Crippen molar-refractivity contribution in [1.82, 2.24) is 4.73 Å². The van der Waals surface area contributed by atoms with E-state index in [2.05, 4.69) is 4.99 Å². The van der Waals surface area contributed by atoms with Crippen LogP contribution in [0.15, 0.2) is 40.8 Å². The molecule has 0 bridgehead atoms. The van der Waals surface area contributed by atoms with E-state index in [0.29, 0.717) is 17.2 Å². The number of hydrogen-bond acceptors (Lipinski definition) is 4. The Hall–Kier alpha value is -2.08. The topological polar surface area (TPSA) is 63.8 Å². The molecular formula is C12H12N2O3S. The zero-order valence-electron chi connectivity index (χ0n) is 9.74. The lowest BCUT2D eigenvalue weighted by atomic mass is 10.4. The first-order valence-corrected chi connectivity index (χ1v) is 6.26. The fourth-order valence-electron chi connectivity index (χ4n) is 1.39. The van der Waals surface area contributed by atoms with Gasteiger partial charge in [-0.05, 0) is 30.5 Å². The third-order valence-corrected chi connectivity index (χ3v) is 3.04. The molecule has 1 N–H and O–H groups in total. The van der Waals surface area contributed by atoms with Crippen LogP contribution in [-0.4, -0.2) is 22.5 Å². The van der Waals surface area contributed by atoms with Crippen molar-refractivity contribution < 1.29 is 14.7 Å². The molecule has 0 aromatic carbocycles. The highest BCUT2D eigenvalue weighted by molar-refractivity contribution is 7.12. The average Bonchev–Trinajstić information content (AvgIpc) is 2.81. The Bertz CT molecular complexity index is 616. The molecule has 18 heavy (non-hydrogen) atoms. The first-order valence-electron chi connectivity index (χ1n) is 5.38.